The molecule has 38 heavy (non-hydrogen) atoms. The van der Waals surface area contributed by atoms with Crippen molar-refractivity contribution in [2.75, 3.05) is 46.9 Å². The lowest BCUT2D eigenvalue weighted by Gasteiger charge is -2.34. The van der Waals surface area contributed by atoms with Crippen LogP contribution < -0.4 is 5.32 Å². The highest BCUT2D eigenvalue weighted by Gasteiger charge is 2.26. The number of nitrogens with zero attached hydrogens (tertiary/aromatic N) is 3. The van der Waals surface area contributed by atoms with Gasteiger partial charge in [-0.3, -0.25) is 0 Å². The van der Waals surface area contributed by atoms with Gasteiger partial charge in [-0.05, 0) is 87.7 Å². The number of methoxy groups -OCH3 is 2. The van der Waals surface area contributed by atoms with E-state index in [-0.39, 0.29) is 17.9 Å². The zero-order chi connectivity index (χ0) is 27.2. The molecule has 0 saturated carbocycles. The van der Waals surface area contributed by atoms with Gasteiger partial charge in [0.25, 0.3) is 0 Å². The highest BCUT2D eigenvalue weighted by atomic mass is 35.5. The number of fused-ring (bicyclic) bond motifs is 1. The minimum absolute atomic E-state index is 0.0520. The zero-order valence-corrected chi connectivity index (χ0v) is 23.4. The van der Waals surface area contributed by atoms with Crippen molar-refractivity contribution < 1.29 is 18.7 Å². The Bertz CT molecular complexity index is 1200. The van der Waals surface area contributed by atoms with Crippen LogP contribution in [-0.4, -0.2) is 79.7 Å². The SMILES string of the molecule is COC(CN(CCN1CCC(c2cn(-c3ccc(F)cc3)c3cc(Cl)ccc23)CC1)C(=O)NC(C)C)OC. The molecule has 1 N–H and O–H groups in total. The normalized spacial score (nSPS) is 15.1. The van der Waals surface area contributed by atoms with E-state index >= 15 is 0 Å². The Morgan fingerprint density at radius 1 is 1.13 bits per heavy atom. The van der Waals surface area contributed by atoms with Crippen LogP contribution in [0.5, 0.6) is 0 Å². The zero-order valence-electron chi connectivity index (χ0n) is 22.6. The van der Waals surface area contributed by atoms with Gasteiger partial charge in [-0.25, -0.2) is 9.18 Å². The number of likely N-dealkylation sites (tertiary alicyclic amines) is 1. The lowest BCUT2D eigenvalue weighted by Crippen LogP contribution is -2.49. The smallest absolute Gasteiger partial charge is 0.317 e. The molecule has 1 aromatic heterocycles. The maximum absolute atomic E-state index is 13.6. The molecular formula is C29H38ClFN4O3. The van der Waals surface area contributed by atoms with Crippen molar-refractivity contribution in [2.45, 2.75) is 44.9 Å². The summed E-state index contributed by atoms with van der Waals surface area (Å²) in [5, 5.41) is 4.83. The van der Waals surface area contributed by atoms with Gasteiger partial charge >= 0.3 is 6.03 Å². The number of carbonyl (C=O) groups excluding carboxylic acids is 1. The van der Waals surface area contributed by atoms with Crippen molar-refractivity contribution >= 4 is 28.5 Å². The van der Waals surface area contributed by atoms with Gasteiger partial charge < -0.3 is 29.2 Å². The fraction of sp³-hybridized carbons (Fsp3) is 0.483. The van der Waals surface area contributed by atoms with Gasteiger partial charge in [0, 0.05) is 55.6 Å². The third-order valence-electron chi connectivity index (χ3n) is 7.21. The van der Waals surface area contributed by atoms with Crippen LogP contribution in [0.2, 0.25) is 5.02 Å². The Morgan fingerprint density at radius 2 is 1.82 bits per heavy atom. The van der Waals surface area contributed by atoms with E-state index in [9.17, 15) is 9.18 Å². The second-order valence-corrected chi connectivity index (χ2v) is 10.6. The van der Waals surface area contributed by atoms with E-state index < -0.39 is 6.29 Å². The molecule has 1 saturated heterocycles. The van der Waals surface area contributed by atoms with E-state index in [0.717, 1.165) is 43.7 Å². The summed E-state index contributed by atoms with van der Waals surface area (Å²) in [6.07, 6.45) is 3.75. The predicted molar refractivity (Wildman–Crippen MR) is 150 cm³/mol. The Hall–Kier alpha value is -2.65. The number of rotatable bonds is 10. The highest BCUT2D eigenvalue weighted by Crippen LogP contribution is 2.36. The first-order valence-electron chi connectivity index (χ1n) is 13.2. The lowest BCUT2D eigenvalue weighted by molar-refractivity contribution is -0.111. The van der Waals surface area contributed by atoms with E-state index in [1.807, 2.05) is 26.0 Å². The molecular weight excluding hydrogens is 507 g/mol. The average molecular weight is 545 g/mol. The average Bonchev–Trinajstić information content (AvgIpc) is 3.27. The van der Waals surface area contributed by atoms with Gasteiger partial charge in [0.05, 0.1) is 12.1 Å². The number of hydrogen-bond donors (Lipinski definition) is 1. The molecule has 3 aromatic rings. The molecule has 0 spiro atoms. The third-order valence-corrected chi connectivity index (χ3v) is 7.45. The molecule has 0 aliphatic carbocycles. The molecule has 2 amide bonds. The molecule has 7 nitrogen and oxygen atoms in total. The van der Waals surface area contributed by atoms with Crippen LogP contribution in [-0.2, 0) is 9.47 Å². The van der Waals surface area contributed by atoms with E-state index in [1.54, 1.807) is 31.3 Å². The predicted octanol–water partition coefficient (Wildman–Crippen LogP) is 5.64. The summed E-state index contributed by atoms with van der Waals surface area (Å²) in [5.74, 6) is 0.152. The Morgan fingerprint density at radius 3 is 2.45 bits per heavy atom. The van der Waals surface area contributed by atoms with Crippen LogP contribution in [0.1, 0.15) is 38.2 Å². The summed E-state index contributed by atoms with van der Waals surface area (Å²) in [7, 11) is 3.16. The van der Waals surface area contributed by atoms with E-state index in [4.69, 9.17) is 21.1 Å². The van der Waals surface area contributed by atoms with E-state index in [2.05, 4.69) is 27.0 Å². The van der Waals surface area contributed by atoms with Crippen molar-refractivity contribution in [3.8, 4) is 5.69 Å². The number of carbonyl (C=O) groups is 1. The largest absolute Gasteiger partial charge is 0.354 e. The maximum Gasteiger partial charge on any atom is 0.317 e. The third kappa shape index (κ3) is 6.86. The lowest BCUT2D eigenvalue weighted by atomic mass is 9.89. The molecule has 9 heteroatoms. The fourth-order valence-corrected chi connectivity index (χ4v) is 5.30. The molecule has 1 aliphatic heterocycles. The van der Waals surface area contributed by atoms with Gasteiger partial charge in [-0.15, -0.1) is 0 Å². The Labute approximate surface area is 229 Å². The molecule has 206 valence electrons. The Kier molecular flexibility index (Phi) is 9.65. The first-order valence-corrected chi connectivity index (χ1v) is 13.6. The number of benzene rings is 2. The summed E-state index contributed by atoms with van der Waals surface area (Å²) in [6, 6.07) is 12.5. The number of hydrogen-bond acceptors (Lipinski definition) is 4. The number of halogens is 2. The van der Waals surface area contributed by atoms with Crippen LogP contribution in [0, 0.1) is 5.82 Å². The van der Waals surface area contributed by atoms with Crippen molar-refractivity contribution in [3.05, 3.63) is 65.1 Å². The minimum Gasteiger partial charge on any atom is -0.354 e. The second-order valence-electron chi connectivity index (χ2n) is 10.2. The van der Waals surface area contributed by atoms with Gasteiger partial charge in [0.2, 0.25) is 0 Å². The van der Waals surface area contributed by atoms with Gasteiger partial charge in [-0.1, -0.05) is 17.7 Å². The van der Waals surface area contributed by atoms with E-state index in [1.165, 1.54) is 23.1 Å². The van der Waals surface area contributed by atoms with Crippen LogP contribution in [0.4, 0.5) is 9.18 Å². The summed E-state index contributed by atoms with van der Waals surface area (Å²) >= 11 is 6.35. The molecule has 2 aromatic carbocycles. The molecule has 1 fully saturated rings. The van der Waals surface area contributed by atoms with Crippen molar-refractivity contribution in [1.29, 1.82) is 0 Å². The first kappa shape index (κ1) is 28.4. The molecule has 0 bridgehead atoms. The first-order chi connectivity index (χ1) is 18.3. The standard InChI is InChI=1S/C29H38ClFN4O3/c1-20(2)32-29(36)34(19-28(37-3)38-4)16-15-33-13-11-21(12-14-33)26-18-35(24-8-6-23(31)7-9-24)27-17-22(30)5-10-25(26)27/h5-10,17-18,20-21,28H,11-16,19H2,1-4H3,(H,32,36). The monoisotopic (exact) mass is 544 g/mol. The molecule has 2 heterocycles. The fourth-order valence-electron chi connectivity index (χ4n) is 5.14. The molecule has 1 aliphatic rings. The number of urea groups is 1. The van der Waals surface area contributed by atoms with Crippen LogP contribution in [0.3, 0.4) is 0 Å². The van der Waals surface area contributed by atoms with Crippen molar-refractivity contribution in [2.24, 2.45) is 0 Å². The topological polar surface area (TPSA) is 59.0 Å². The summed E-state index contributed by atoms with van der Waals surface area (Å²) in [6.45, 7) is 7.53. The van der Waals surface area contributed by atoms with Crippen LogP contribution in [0.25, 0.3) is 16.6 Å². The van der Waals surface area contributed by atoms with Crippen LogP contribution in [0.15, 0.2) is 48.7 Å². The number of aromatic nitrogens is 1. The molecule has 0 atom stereocenters. The maximum atomic E-state index is 13.6. The number of ether oxygens (including phenoxy) is 2. The molecule has 0 unspecified atom stereocenters. The number of amides is 2. The summed E-state index contributed by atoms with van der Waals surface area (Å²) in [4.78, 5) is 17.0. The van der Waals surface area contributed by atoms with Gasteiger partial charge in [-0.2, -0.15) is 0 Å². The summed E-state index contributed by atoms with van der Waals surface area (Å²) < 4.78 is 26.3. The van der Waals surface area contributed by atoms with E-state index in [0.29, 0.717) is 24.0 Å². The quantitative estimate of drug-likeness (QED) is 0.336. The molecule has 4 rings (SSSR count). The second kappa shape index (κ2) is 12.9. The highest BCUT2D eigenvalue weighted by molar-refractivity contribution is 6.31. The van der Waals surface area contributed by atoms with Gasteiger partial charge in [0.15, 0.2) is 6.29 Å². The van der Waals surface area contributed by atoms with Crippen molar-refractivity contribution in [1.82, 2.24) is 19.7 Å². The van der Waals surface area contributed by atoms with Gasteiger partial charge in [0.1, 0.15) is 5.82 Å². The van der Waals surface area contributed by atoms with Crippen molar-refractivity contribution in [3.63, 3.8) is 0 Å². The molecule has 0 radical (unpaired) electrons. The number of nitrogens with one attached hydrogen (secondary N) is 1. The number of piperidine rings is 1. The summed E-state index contributed by atoms with van der Waals surface area (Å²) in [5.41, 5.74) is 3.23. The van der Waals surface area contributed by atoms with Crippen LogP contribution >= 0.6 is 11.6 Å². The Balaban J connectivity index is 1.44. The minimum atomic E-state index is -0.467.